The maximum atomic E-state index is 12.9. The second-order valence-electron chi connectivity index (χ2n) is 14.3. The van der Waals surface area contributed by atoms with Crippen LogP contribution in [-0.2, 0) is 29.5 Å². The third-order valence-electron chi connectivity index (χ3n) is 11.3. The van der Waals surface area contributed by atoms with Crippen LogP contribution in [0.4, 0.5) is 5.69 Å². The molecule has 8 nitrogen and oxygen atoms in total. The third-order valence-corrected chi connectivity index (χ3v) is 11.3. The minimum absolute atomic E-state index is 0. The van der Waals surface area contributed by atoms with Crippen molar-refractivity contribution in [2.75, 3.05) is 33.9 Å². The van der Waals surface area contributed by atoms with Gasteiger partial charge in [0.25, 0.3) is 5.69 Å². The van der Waals surface area contributed by atoms with E-state index in [4.69, 9.17) is 9.47 Å². The number of carbonyl (C=O) groups excluding carboxylic acids is 1. The molecule has 1 aliphatic carbocycles. The molecule has 0 aromatic heterocycles. The highest BCUT2D eigenvalue weighted by Gasteiger charge is 2.42. The number of non-ortho nitro benzene ring substituents is 1. The zero-order chi connectivity index (χ0) is 35.7. The van der Waals surface area contributed by atoms with E-state index < -0.39 is 4.92 Å². The molecular weight excluding hydrogens is 674 g/mol. The number of ether oxygens (including phenoxy) is 2. The number of likely N-dealkylation sites (tertiary alicyclic amines) is 1. The first-order chi connectivity index (χ1) is 24.9. The van der Waals surface area contributed by atoms with Crippen LogP contribution in [0.5, 0.6) is 11.5 Å². The van der Waals surface area contributed by atoms with Gasteiger partial charge < -0.3 is 14.8 Å². The molecule has 1 unspecified atom stereocenters. The number of benzene rings is 4. The van der Waals surface area contributed by atoms with Crippen molar-refractivity contribution >= 4 is 24.0 Å². The number of nitrogens with zero attached hydrogens (tertiary/aromatic N) is 2. The summed E-state index contributed by atoms with van der Waals surface area (Å²) in [7, 11) is 3.43. The number of fused-ring (bicyclic) bond motifs is 1. The number of nitro benzene ring substituents is 1. The van der Waals surface area contributed by atoms with Crippen LogP contribution in [-0.4, -0.2) is 55.1 Å². The summed E-state index contributed by atoms with van der Waals surface area (Å²) in [5.74, 6) is 1.50. The first-order valence-electron chi connectivity index (χ1n) is 18.5. The van der Waals surface area contributed by atoms with Crippen LogP contribution in [0.1, 0.15) is 79.2 Å². The van der Waals surface area contributed by atoms with Crippen molar-refractivity contribution in [1.82, 2.24) is 10.2 Å². The standard InChI is InChI=1S/C43H51N3O5.ClH/c1-50-39-30-34-20-24-42(32-35(34)31-40(39)51-2)21-9-10-26-45(42)27-13-23-43(36-15-5-3-6-16-36,37-17-7-4-8-18-37)22-12-25-44-41(47)29-33-14-11-19-38(28-33)46(48)49;/h3-8,11,14-19,28,30-31H,9-10,12-13,20-27,29,32H2,1-2H3,(H,44,47);1H. The molecule has 0 bridgehead atoms. The molecule has 2 aliphatic rings. The first-order valence-corrected chi connectivity index (χ1v) is 18.5. The number of aryl methyl sites for hydroxylation is 1. The Bertz CT molecular complexity index is 1750. The average Bonchev–Trinajstić information content (AvgIpc) is 3.16. The van der Waals surface area contributed by atoms with Gasteiger partial charge in [-0.05, 0) is 111 Å². The predicted octanol–water partition coefficient (Wildman–Crippen LogP) is 8.65. The minimum Gasteiger partial charge on any atom is -0.493 e. The lowest BCUT2D eigenvalue weighted by atomic mass is 9.68. The smallest absolute Gasteiger partial charge is 0.269 e. The molecule has 4 aromatic carbocycles. The van der Waals surface area contributed by atoms with Gasteiger partial charge in [-0.1, -0.05) is 79.2 Å². The first kappa shape index (κ1) is 38.8. The van der Waals surface area contributed by atoms with Gasteiger partial charge in [0.1, 0.15) is 0 Å². The van der Waals surface area contributed by atoms with Crippen LogP contribution in [0.15, 0.2) is 97.1 Å². The van der Waals surface area contributed by atoms with Crippen LogP contribution >= 0.6 is 12.4 Å². The number of carbonyl (C=O) groups is 1. The van der Waals surface area contributed by atoms with Crippen molar-refractivity contribution in [3.8, 4) is 11.5 Å². The Labute approximate surface area is 314 Å². The molecule has 0 saturated carbocycles. The third kappa shape index (κ3) is 8.79. The Balaban J connectivity index is 0.00000523. The van der Waals surface area contributed by atoms with E-state index in [2.05, 4.69) is 83.0 Å². The summed E-state index contributed by atoms with van der Waals surface area (Å²) in [6.07, 6.45) is 10.8. The fourth-order valence-corrected chi connectivity index (χ4v) is 8.76. The van der Waals surface area contributed by atoms with Crippen molar-refractivity contribution in [1.29, 1.82) is 0 Å². The van der Waals surface area contributed by atoms with E-state index in [-0.39, 0.29) is 41.4 Å². The second kappa shape index (κ2) is 17.9. The molecule has 1 amide bonds. The lowest BCUT2D eigenvalue weighted by molar-refractivity contribution is -0.384. The van der Waals surface area contributed by atoms with E-state index >= 15 is 0 Å². The summed E-state index contributed by atoms with van der Waals surface area (Å²) in [5, 5.41) is 14.3. The summed E-state index contributed by atoms with van der Waals surface area (Å²) < 4.78 is 11.3. The van der Waals surface area contributed by atoms with Crippen molar-refractivity contribution < 1.29 is 19.2 Å². The fraction of sp³-hybridized carbons (Fsp3) is 0.419. The largest absolute Gasteiger partial charge is 0.493 e. The molecule has 1 fully saturated rings. The lowest BCUT2D eigenvalue weighted by Crippen LogP contribution is -2.55. The number of hydrogen-bond donors (Lipinski definition) is 1. The summed E-state index contributed by atoms with van der Waals surface area (Å²) in [4.78, 5) is 26.5. The zero-order valence-corrected chi connectivity index (χ0v) is 31.3. The highest BCUT2D eigenvalue weighted by Crippen LogP contribution is 2.45. The van der Waals surface area contributed by atoms with Gasteiger partial charge in [-0.3, -0.25) is 19.8 Å². The van der Waals surface area contributed by atoms with E-state index in [1.165, 1.54) is 53.6 Å². The van der Waals surface area contributed by atoms with Crippen LogP contribution in [0.25, 0.3) is 0 Å². The molecular formula is C43H52ClN3O5. The van der Waals surface area contributed by atoms with Gasteiger partial charge >= 0.3 is 0 Å². The number of nitro groups is 1. The minimum atomic E-state index is -0.428. The van der Waals surface area contributed by atoms with E-state index in [1.54, 1.807) is 26.4 Å². The molecule has 1 N–H and O–H groups in total. The Morgan fingerprint density at radius 1 is 0.846 bits per heavy atom. The molecule has 1 aliphatic heterocycles. The number of hydrogen-bond acceptors (Lipinski definition) is 6. The van der Waals surface area contributed by atoms with Gasteiger partial charge in [0.2, 0.25) is 5.91 Å². The summed E-state index contributed by atoms with van der Waals surface area (Å²) in [6, 6.07) is 32.4. The Morgan fingerprint density at radius 2 is 1.50 bits per heavy atom. The molecule has 0 radical (unpaired) electrons. The number of nitrogens with one attached hydrogen (secondary N) is 1. The molecule has 4 aromatic rings. The Hall–Kier alpha value is -4.40. The zero-order valence-electron chi connectivity index (χ0n) is 30.5. The molecule has 52 heavy (non-hydrogen) atoms. The SMILES string of the molecule is COc1cc2c(cc1OC)CC1(CCCCN1CCCC(CCCNC(=O)Cc1cccc([N+](=O)[O-])c1)(c1ccccc1)c1ccccc1)CC2.Cl. The van der Waals surface area contributed by atoms with Gasteiger partial charge in [-0.25, -0.2) is 0 Å². The number of amides is 1. The van der Waals surface area contributed by atoms with Crippen LogP contribution in [0, 0.1) is 10.1 Å². The van der Waals surface area contributed by atoms with Crippen LogP contribution in [0.2, 0.25) is 0 Å². The maximum absolute atomic E-state index is 12.9. The van der Waals surface area contributed by atoms with Crippen LogP contribution in [0.3, 0.4) is 0 Å². The molecule has 1 saturated heterocycles. The maximum Gasteiger partial charge on any atom is 0.269 e. The monoisotopic (exact) mass is 725 g/mol. The summed E-state index contributed by atoms with van der Waals surface area (Å²) in [6.45, 7) is 2.71. The normalized spacial score (nSPS) is 17.1. The van der Waals surface area contributed by atoms with E-state index in [1.807, 2.05) is 0 Å². The highest BCUT2D eigenvalue weighted by atomic mass is 35.5. The quantitative estimate of drug-likeness (QED) is 0.0749. The van der Waals surface area contributed by atoms with Gasteiger partial charge in [-0.15, -0.1) is 12.4 Å². The average molecular weight is 726 g/mol. The number of methoxy groups -OCH3 is 2. The van der Waals surface area contributed by atoms with Gasteiger partial charge in [0, 0.05) is 29.6 Å². The van der Waals surface area contributed by atoms with E-state index in [0.717, 1.165) is 69.5 Å². The molecule has 6 rings (SSSR count). The van der Waals surface area contributed by atoms with Gasteiger partial charge in [0.05, 0.1) is 25.6 Å². The molecule has 1 spiro atoms. The fourth-order valence-electron chi connectivity index (χ4n) is 8.76. The molecule has 1 atom stereocenters. The van der Waals surface area contributed by atoms with Crippen molar-refractivity contribution in [3.63, 3.8) is 0 Å². The molecule has 9 heteroatoms. The van der Waals surface area contributed by atoms with Gasteiger partial charge in [-0.2, -0.15) is 0 Å². The highest BCUT2D eigenvalue weighted by molar-refractivity contribution is 5.85. The number of rotatable bonds is 15. The van der Waals surface area contributed by atoms with Crippen molar-refractivity contribution in [3.05, 3.63) is 135 Å². The molecule has 1 heterocycles. The topological polar surface area (TPSA) is 93.9 Å². The summed E-state index contributed by atoms with van der Waals surface area (Å²) in [5.41, 5.74) is 5.98. The molecule has 276 valence electrons. The number of halogens is 1. The van der Waals surface area contributed by atoms with Crippen molar-refractivity contribution in [2.45, 2.75) is 81.6 Å². The van der Waals surface area contributed by atoms with E-state index in [0.29, 0.717) is 12.1 Å². The van der Waals surface area contributed by atoms with Gasteiger partial charge in [0.15, 0.2) is 11.5 Å². The second-order valence-corrected chi connectivity index (χ2v) is 14.3. The van der Waals surface area contributed by atoms with E-state index in [9.17, 15) is 14.9 Å². The predicted molar refractivity (Wildman–Crippen MR) is 209 cm³/mol. The Kier molecular flexibility index (Phi) is 13.4. The Morgan fingerprint density at radius 3 is 2.15 bits per heavy atom. The van der Waals surface area contributed by atoms with Crippen LogP contribution < -0.4 is 14.8 Å². The number of piperidine rings is 1. The summed E-state index contributed by atoms with van der Waals surface area (Å²) >= 11 is 0. The lowest BCUT2D eigenvalue weighted by Gasteiger charge is -2.50. The van der Waals surface area contributed by atoms with Crippen molar-refractivity contribution in [2.24, 2.45) is 0 Å².